The molecule has 138 valence electrons. The number of amides is 1. The summed E-state index contributed by atoms with van der Waals surface area (Å²) in [7, 11) is 0. The zero-order valence-electron chi connectivity index (χ0n) is 14.8. The number of hydrogen-bond donors (Lipinski definition) is 0. The summed E-state index contributed by atoms with van der Waals surface area (Å²) in [6, 6.07) is 6.85. The van der Waals surface area contributed by atoms with Gasteiger partial charge < -0.3 is 14.1 Å². The fourth-order valence-corrected chi connectivity index (χ4v) is 4.51. The van der Waals surface area contributed by atoms with Crippen molar-refractivity contribution in [1.29, 1.82) is 0 Å². The molecular weight excluding hydrogens is 344 g/mol. The average molecular weight is 364 g/mol. The molecule has 3 atom stereocenters. The summed E-state index contributed by atoms with van der Waals surface area (Å²) in [5, 5.41) is 0. The molecule has 0 aromatic carbocycles. The van der Waals surface area contributed by atoms with Crippen LogP contribution in [0.2, 0.25) is 0 Å². The van der Waals surface area contributed by atoms with E-state index in [-0.39, 0.29) is 36.0 Å². The first kappa shape index (κ1) is 16.3. The Morgan fingerprint density at radius 3 is 2.81 bits per heavy atom. The Morgan fingerprint density at radius 1 is 1.15 bits per heavy atom. The van der Waals surface area contributed by atoms with Crippen LogP contribution in [0.15, 0.2) is 58.7 Å². The van der Waals surface area contributed by atoms with E-state index in [0.29, 0.717) is 11.3 Å². The highest BCUT2D eigenvalue weighted by Gasteiger charge is 2.52. The van der Waals surface area contributed by atoms with Crippen molar-refractivity contribution in [1.82, 2.24) is 9.88 Å². The van der Waals surface area contributed by atoms with Crippen LogP contribution in [0.25, 0.3) is 0 Å². The van der Waals surface area contributed by atoms with Gasteiger partial charge in [0, 0.05) is 12.4 Å². The van der Waals surface area contributed by atoms with Crippen LogP contribution in [0.5, 0.6) is 0 Å². The number of furan rings is 1. The molecule has 1 amide bonds. The van der Waals surface area contributed by atoms with Crippen LogP contribution in [0.3, 0.4) is 0 Å². The Balaban J connectivity index is 1.59. The molecule has 4 heterocycles. The first-order valence-corrected chi connectivity index (χ1v) is 9.42. The molecular formula is C21H20N2O4. The fourth-order valence-electron chi connectivity index (χ4n) is 4.51. The Labute approximate surface area is 156 Å². The summed E-state index contributed by atoms with van der Waals surface area (Å²) in [6.07, 6.45) is 8.52. The molecule has 5 rings (SSSR count). The molecule has 0 spiro atoms. The molecule has 27 heavy (non-hydrogen) atoms. The van der Waals surface area contributed by atoms with Crippen LogP contribution in [0.1, 0.15) is 43.0 Å². The largest absolute Gasteiger partial charge is 0.483 e. The van der Waals surface area contributed by atoms with Gasteiger partial charge in [0.05, 0.1) is 30.3 Å². The van der Waals surface area contributed by atoms with Gasteiger partial charge in [-0.05, 0) is 43.0 Å². The lowest BCUT2D eigenvalue weighted by atomic mass is 9.78. The van der Waals surface area contributed by atoms with Crippen molar-refractivity contribution in [2.45, 2.75) is 44.4 Å². The number of aromatic nitrogens is 1. The topological polar surface area (TPSA) is 72.6 Å². The maximum absolute atomic E-state index is 13.4. The molecule has 1 aliphatic carbocycles. The zero-order chi connectivity index (χ0) is 18.4. The summed E-state index contributed by atoms with van der Waals surface area (Å²) >= 11 is 0. The van der Waals surface area contributed by atoms with Crippen molar-refractivity contribution in [3.05, 3.63) is 65.6 Å². The summed E-state index contributed by atoms with van der Waals surface area (Å²) in [4.78, 5) is 32.4. The highest BCUT2D eigenvalue weighted by Crippen LogP contribution is 2.47. The summed E-state index contributed by atoms with van der Waals surface area (Å²) < 4.78 is 11.6. The summed E-state index contributed by atoms with van der Waals surface area (Å²) in [5.74, 6) is 0.566. The number of ether oxygens (including phenoxy) is 1. The van der Waals surface area contributed by atoms with Crippen molar-refractivity contribution in [3.8, 4) is 0 Å². The Morgan fingerprint density at radius 2 is 2.04 bits per heavy atom. The van der Waals surface area contributed by atoms with E-state index in [1.165, 1.54) is 0 Å². The van der Waals surface area contributed by atoms with Crippen molar-refractivity contribution < 1.29 is 18.7 Å². The van der Waals surface area contributed by atoms with Crippen LogP contribution in [-0.4, -0.2) is 27.7 Å². The molecule has 2 aromatic heterocycles. The van der Waals surface area contributed by atoms with Crippen molar-refractivity contribution in [2.24, 2.45) is 5.92 Å². The number of nitrogens with zero attached hydrogens (tertiary/aromatic N) is 2. The maximum Gasteiger partial charge on any atom is 0.290 e. The van der Waals surface area contributed by atoms with E-state index >= 15 is 0 Å². The minimum absolute atomic E-state index is 0.0603. The molecule has 2 aromatic rings. The average Bonchev–Trinajstić information content (AvgIpc) is 3.31. The lowest BCUT2D eigenvalue weighted by Gasteiger charge is -2.35. The number of carbonyl (C=O) groups is 2. The van der Waals surface area contributed by atoms with Gasteiger partial charge in [-0.2, -0.15) is 0 Å². The fraction of sp³-hybridized carbons (Fsp3) is 0.381. The highest BCUT2D eigenvalue weighted by molar-refractivity contribution is 6.11. The molecule has 6 nitrogen and oxygen atoms in total. The third-order valence-corrected chi connectivity index (χ3v) is 5.77. The predicted octanol–water partition coefficient (Wildman–Crippen LogP) is 3.17. The molecule has 3 unspecified atom stereocenters. The molecule has 1 saturated carbocycles. The predicted molar refractivity (Wildman–Crippen MR) is 95.1 cm³/mol. The number of fused-ring (bicyclic) bond motifs is 1. The van der Waals surface area contributed by atoms with Crippen molar-refractivity contribution >= 4 is 11.7 Å². The molecule has 0 bridgehead atoms. The Bertz CT molecular complexity index is 904. The van der Waals surface area contributed by atoms with E-state index in [1.54, 1.807) is 29.6 Å². The second-order valence-corrected chi connectivity index (χ2v) is 7.36. The first-order valence-electron chi connectivity index (χ1n) is 9.42. The monoisotopic (exact) mass is 364 g/mol. The third-order valence-electron chi connectivity index (χ3n) is 5.77. The molecule has 0 N–H and O–H groups in total. The molecule has 2 aliphatic heterocycles. The number of pyridine rings is 1. The molecule has 0 saturated heterocycles. The molecule has 1 fully saturated rings. The number of hydrogen-bond acceptors (Lipinski definition) is 5. The Kier molecular flexibility index (Phi) is 3.85. The summed E-state index contributed by atoms with van der Waals surface area (Å²) in [5.41, 5.74) is 1.30. The van der Waals surface area contributed by atoms with E-state index < -0.39 is 6.04 Å². The number of carbonyl (C=O) groups excluding carboxylic acids is 2. The molecule has 6 heteroatoms. The van der Waals surface area contributed by atoms with Gasteiger partial charge in [0.25, 0.3) is 5.91 Å². The maximum atomic E-state index is 13.4. The number of Topliss-reactive ketones (excluding diaryl/α,β-unsaturated/α-hetero) is 1. The number of rotatable bonds is 3. The zero-order valence-corrected chi connectivity index (χ0v) is 14.8. The third kappa shape index (κ3) is 2.59. The second-order valence-electron chi connectivity index (χ2n) is 7.36. The second kappa shape index (κ2) is 6.37. The van der Waals surface area contributed by atoms with Crippen LogP contribution < -0.4 is 0 Å². The Hall–Kier alpha value is -2.89. The van der Waals surface area contributed by atoms with E-state index in [4.69, 9.17) is 9.15 Å². The van der Waals surface area contributed by atoms with Gasteiger partial charge in [-0.25, -0.2) is 0 Å². The van der Waals surface area contributed by atoms with Crippen molar-refractivity contribution in [3.63, 3.8) is 0 Å². The van der Waals surface area contributed by atoms with E-state index in [2.05, 4.69) is 4.98 Å². The van der Waals surface area contributed by atoms with Crippen LogP contribution in [0.4, 0.5) is 0 Å². The summed E-state index contributed by atoms with van der Waals surface area (Å²) in [6.45, 7) is 0.282. The normalized spacial score (nSPS) is 27.4. The van der Waals surface area contributed by atoms with Gasteiger partial charge >= 0.3 is 0 Å². The lowest BCUT2D eigenvalue weighted by molar-refractivity contribution is -0.135. The van der Waals surface area contributed by atoms with Gasteiger partial charge in [-0.1, -0.05) is 12.5 Å². The van der Waals surface area contributed by atoms with E-state index in [0.717, 1.165) is 31.2 Å². The van der Waals surface area contributed by atoms with E-state index in [9.17, 15) is 9.59 Å². The lowest BCUT2D eigenvalue weighted by Crippen LogP contribution is -2.39. The van der Waals surface area contributed by atoms with Gasteiger partial charge in [0.1, 0.15) is 11.9 Å². The van der Waals surface area contributed by atoms with Gasteiger partial charge in [-0.3, -0.25) is 14.6 Å². The van der Waals surface area contributed by atoms with Gasteiger partial charge in [-0.15, -0.1) is 0 Å². The van der Waals surface area contributed by atoms with Crippen LogP contribution in [0, 0.1) is 5.92 Å². The minimum atomic E-state index is -0.485. The van der Waals surface area contributed by atoms with Gasteiger partial charge in [0.2, 0.25) is 0 Å². The smallest absolute Gasteiger partial charge is 0.290 e. The molecule has 0 radical (unpaired) electrons. The van der Waals surface area contributed by atoms with Crippen LogP contribution >= 0.6 is 0 Å². The number of ketones is 1. The minimum Gasteiger partial charge on any atom is -0.483 e. The highest BCUT2D eigenvalue weighted by atomic mass is 16.5. The molecule has 3 aliphatic rings. The quantitative estimate of drug-likeness (QED) is 0.836. The standard InChI is InChI=1S/C21H20N2O4/c24-19-15-7-1-2-8-16(15)27-20-17(19)18(13-5-3-9-22-11-13)23(21(20)25)12-14-6-4-10-26-14/h3-6,9-11,15-16,18H,1-2,7-8,12H2. The van der Waals surface area contributed by atoms with E-state index in [1.807, 2.05) is 18.2 Å². The SMILES string of the molecule is O=C1C2=C(OC3CCCCC13)C(=O)N(Cc1ccco1)C2c1cccnc1. The first-order chi connectivity index (χ1) is 13.2. The van der Waals surface area contributed by atoms with Crippen molar-refractivity contribution in [2.75, 3.05) is 0 Å². The van der Waals surface area contributed by atoms with Crippen LogP contribution in [-0.2, 0) is 20.9 Å². The van der Waals surface area contributed by atoms with Gasteiger partial charge in [0.15, 0.2) is 11.5 Å².